The lowest BCUT2D eigenvalue weighted by atomic mass is 10.1. The molecule has 0 aliphatic heterocycles. The van der Waals surface area contributed by atoms with Gasteiger partial charge < -0.3 is 20.1 Å². The number of ether oxygens (including phenoxy) is 1. The quantitative estimate of drug-likeness (QED) is 0.0270. The minimum atomic E-state index is -4.42. The average molecular weight is 684 g/mol. The smallest absolute Gasteiger partial charge is 0.463 e. The van der Waals surface area contributed by atoms with E-state index in [1.54, 1.807) is 0 Å². The van der Waals surface area contributed by atoms with Crippen molar-refractivity contribution in [3.05, 3.63) is 48.6 Å². The van der Waals surface area contributed by atoms with E-state index in [4.69, 9.17) is 13.8 Å². The topological polar surface area (TPSA) is 131 Å². The van der Waals surface area contributed by atoms with Crippen molar-refractivity contribution in [2.75, 3.05) is 26.4 Å². The van der Waals surface area contributed by atoms with Crippen LogP contribution in [-0.4, -0.2) is 54.3 Å². The number of amides is 1. The van der Waals surface area contributed by atoms with Gasteiger partial charge in [0, 0.05) is 19.4 Å². The summed E-state index contributed by atoms with van der Waals surface area (Å²) in [6.45, 7) is 3.34. The lowest BCUT2D eigenvalue weighted by molar-refractivity contribution is -0.147. The molecule has 0 rings (SSSR count). The summed E-state index contributed by atoms with van der Waals surface area (Å²) in [6, 6.07) is 0. The molecule has 0 spiro atoms. The van der Waals surface area contributed by atoms with Gasteiger partial charge in [0.2, 0.25) is 5.91 Å². The zero-order chi connectivity index (χ0) is 34.7. The fourth-order valence-corrected chi connectivity index (χ4v) is 5.26. The van der Waals surface area contributed by atoms with E-state index in [0.717, 1.165) is 83.5 Å². The summed E-state index contributed by atoms with van der Waals surface area (Å²) >= 11 is 0. The largest absolute Gasteiger partial charge is 0.472 e. The van der Waals surface area contributed by atoms with Crippen LogP contribution in [-0.2, 0) is 27.9 Å². The van der Waals surface area contributed by atoms with E-state index in [2.05, 4.69) is 67.8 Å². The van der Waals surface area contributed by atoms with E-state index in [1.165, 1.54) is 32.1 Å². The summed E-state index contributed by atoms with van der Waals surface area (Å²) in [6.07, 6.45) is 36.1. The Morgan fingerprint density at radius 3 is 1.87 bits per heavy atom. The zero-order valence-electron chi connectivity index (χ0n) is 29.5. The van der Waals surface area contributed by atoms with Crippen molar-refractivity contribution in [3.63, 3.8) is 0 Å². The monoisotopic (exact) mass is 683 g/mol. The fourth-order valence-electron chi connectivity index (χ4n) is 4.50. The third-order valence-electron chi connectivity index (χ3n) is 7.24. The van der Waals surface area contributed by atoms with Crippen molar-refractivity contribution in [1.82, 2.24) is 5.32 Å². The molecule has 0 aliphatic rings. The molecule has 2 unspecified atom stereocenters. The third-order valence-corrected chi connectivity index (χ3v) is 8.23. The Hall–Kier alpha value is -2.03. The first-order valence-corrected chi connectivity index (χ1v) is 19.6. The summed E-state index contributed by atoms with van der Waals surface area (Å²) in [5, 5.41) is 12.6. The molecule has 9 nitrogen and oxygen atoms in total. The Morgan fingerprint density at radius 2 is 1.21 bits per heavy atom. The van der Waals surface area contributed by atoms with Crippen LogP contribution in [0.25, 0.3) is 0 Å². The van der Waals surface area contributed by atoms with Crippen LogP contribution in [0.3, 0.4) is 0 Å². The average Bonchev–Trinajstić information content (AvgIpc) is 3.05. The normalized spacial score (nSPS) is 14.0. The highest BCUT2D eigenvalue weighted by atomic mass is 31.2. The molecule has 0 heterocycles. The van der Waals surface area contributed by atoms with Gasteiger partial charge in [-0.2, -0.15) is 0 Å². The lowest BCUT2D eigenvalue weighted by Crippen LogP contribution is -2.27. The van der Waals surface area contributed by atoms with E-state index in [-0.39, 0.29) is 32.1 Å². The zero-order valence-corrected chi connectivity index (χ0v) is 30.4. The predicted octanol–water partition coefficient (Wildman–Crippen LogP) is 9.21. The third kappa shape index (κ3) is 35.1. The van der Waals surface area contributed by atoms with Crippen LogP contribution in [0, 0.1) is 0 Å². The van der Waals surface area contributed by atoms with Crippen LogP contribution in [0.5, 0.6) is 0 Å². The van der Waals surface area contributed by atoms with E-state index in [1.807, 2.05) is 0 Å². The first-order valence-electron chi connectivity index (χ1n) is 18.1. The van der Waals surface area contributed by atoms with Crippen LogP contribution < -0.4 is 5.32 Å². The summed E-state index contributed by atoms with van der Waals surface area (Å²) in [5.41, 5.74) is 0. The van der Waals surface area contributed by atoms with Crippen LogP contribution in [0.15, 0.2) is 48.6 Å². The molecule has 0 aromatic heterocycles. The maximum atomic E-state index is 12.0. The molecule has 0 aromatic carbocycles. The second kappa shape index (κ2) is 33.9. The van der Waals surface area contributed by atoms with Crippen molar-refractivity contribution in [2.45, 2.75) is 148 Å². The molecule has 0 saturated carbocycles. The molecule has 0 fully saturated rings. The van der Waals surface area contributed by atoms with Gasteiger partial charge in [0.05, 0.1) is 13.2 Å². The van der Waals surface area contributed by atoms with Crippen LogP contribution >= 0.6 is 7.82 Å². The summed E-state index contributed by atoms with van der Waals surface area (Å²) in [5.74, 6) is -0.561. The summed E-state index contributed by atoms with van der Waals surface area (Å²) in [4.78, 5) is 33.7. The molecule has 0 radical (unpaired) electrons. The fraction of sp³-hybridized carbons (Fsp3) is 0.730. The van der Waals surface area contributed by atoms with E-state index < -0.39 is 26.5 Å². The summed E-state index contributed by atoms with van der Waals surface area (Å²) < 4.78 is 26.7. The minimum Gasteiger partial charge on any atom is -0.463 e. The van der Waals surface area contributed by atoms with Gasteiger partial charge >= 0.3 is 13.8 Å². The van der Waals surface area contributed by atoms with Gasteiger partial charge in [-0.05, 0) is 70.6 Å². The number of phosphoric acid groups is 1. The van der Waals surface area contributed by atoms with Crippen molar-refractivity contribution in [2.24, 2.45) is 0 Å². The number of aliphatic hydroxyl groups excluding tert-OH is 1. The molecular weight excluding hydrogens is 617 g/mol. The molecule has 0 aliphatic carbocycles. The second-order valence-corrected chi connectivity index (χ2v) is 13.3. The minimum absolute atomic E-state index is 0.0631. The van der Waals surface area contributed by atoms with E-state index in [0.29, 0.717) is 6.42 Å². The van der Waals surface area contributed by atoms with Gasteiger partial charge in [0.15, 0.2) is 0 Å². The van der Waals surface area contributed by atoms with Crippen molar-refractivity contribution < 1.29 is 37.9 Å². The molecule has 0 bridgehead atoms. The van der Waals surface area contributed by atoms with Gasteiger partial charge in [0.1, 0.15) is 12.7 Å². The molecule has 0 saturated heterocycles. The van der Waals surface area contributed by atoms with Gasteiger partial charge in [-0.3, -0.25) is 18.6 Å². The number of esters is 1. The number of unbranched alkanes of at least 4 members (excludes halogenated alkanes) is 12. The number of nitrogens with one attached hydrogen (secondary N) is 1. The van der Waals surface area contributed by atoms with Crippen LogP contribution in [0.2, 0.25) is 0 Å². The Kier molecular flexibility index (Phi) is 32.4. The lowest BCUT2D eigenvalue weighted by Gasteiger charge is -2.15. The van der Waals surface area contributed by atoms with E-state index in [9.17, 15) is 24.2 Å². The number of hydrogen-bond acceptors (Lipinski definition) is 7. The molecule has 272 valence electrons. The number of phosphoric ester groups is 1. The Labute approximate surface area is 285 Å². The van der Waals surface area contributed by atoms with Crippen LogP contribution in [0.4, 0.5) is 0 Å². The van der Waals surface area contributed by atoms with Crippen molar-refractivity contribution in [3.8, 4) is 0 Å². The Balaban J connectivity index is 3.70. The molecule has 0 aromatic rings. The highest BCUT2D eigenvalue weighted by molar-refractivity contribution is 7.47. The summed E-state index contributed by atoms with van der Waals surface area (Å²) in [7, 11) is -4.42. The number of carbonyl (C=O) groups is 2. The highest BCUT2D eigenvalue weighted by Gasteiger charge is 2.23. The number of aliphatic hydroxyl groups is 1. The number of carbonyl (C=O) groups excluding carboxylic acids is 2. The first-order chi connectivity index (χ1) is 22.8. The van der Waals surface area contributed by atoms with Gasteiger partial charge in [0.25, 0.3) is 0 Å². The number of hydrogen-bond donors (Lipinski definition) is 3. The van der Waals surface area contributed by atoms with Crippen molar-refractivity contribution in [1.29, 1.82) is 0 Å². The maximum Gasteiger partial charge on any atom is 0.472 e. The number of rotatable bonds is 33. The van der Waals surface area contributed by atoms with Gasteiger partial charge in [-0.15, -0.1) is 0 Å². The van der Waals surface area contributed by atoms with E-state index >= 15 is 0 Å². The molecule has 3 N–H and O–H groups in total. The van der Waals surface area contributed by atoms with Crippen LogP contribution in [0.1, 0.15) is 142 Å². The highest BCUT2D eigenvalue weighted by Crippen LogP contribution is 2.42. The standard InChI is InChI=1S/C37H66NO8P/c1-3-5-7-9-11-13-15-17-19-21-23-25-27-29-36(40)38-31-32-45-47(42,43)46-34-35(39)33-44-37(41)30-28-26-24-22-20-18-16-14-12-10-8-6-4-2/h5,7,11,13-14,16-17,19,35,39H,3-4,6,8-10,12,15,18,20-34H2,1-2H3,(H,38,40)(H,42,43)/b7-5-,13-11-,16-14-,19-17-. The Bertz CT molecular complexity index is 918. The van der Waals surface area contributed by atoms with Gasteiger partial charge in [-0.25, -0.2) is 4.57 Å². The SMILES string of the molecule is CC/C=C\C/C=C\C/C=C\CCCCCC(=O)NCCOP(=O)(O)OCC(O)COC(=O)CCCCCCC/C=C\CCCCCC. The Morgan fingerprint density at radius 1 is 0.681 bits per heavy atom. The molecular formula is C37H66NO8P. The maximum absolute atomic E-state index is 12.0. The predicted molar refractivity (Wildman–Crippen MR) is 192 cm³/mol. The first kappa shape index (κ1) is 45.0. The number of allylic oxidation sites excluding steroid dienone is 8. The molecule has 47 heavy (non-hydrogen) atoms. The van der Waals surface area contributed by atoms with Gasteiger partial charge in [-0.1, -0.05) is 107 Å². The molecule has 10 heteroatoms. The second-order valence-electron chi connectivity index (χ2n) is 11.8. The molecule has 1 amide bonds. The van der Waals surface area contributed by atoms with Crippen molar-refractivity contribution >= 4 is 19.7 Å². The molecule has 2 atom stereocenters.